The molecular weight excluding hydrogens is 264 g/mol. The molecule has 0 aliphatic heterocycles. The van der Waals surface area contributed by atoms with E-state index in [2.05, 4.69) is 10.3 Å². The van der Waals surface area contributed by atoms with Crippen LogP contribution in [0.1, 0.15) is 24.5 Å². The zero-order chi connectivity index (χ0) is 14.0. The highest BCUT2D eigenvalue weighted by Gasteiger charge is 2.19. The molecule has 0 aliphatic carbocycles. The van der Waals surface area contributed by atoms with Gasteiger partial charge in [0.05, 0.1) is 22.7 Å². The van der Waals surface area contributed by atoms with Gasteiger partial charge in [-0.05, 0) is 26.0 Å². The number of rotatable bonds is 4. The molecule has 2 atom stereocenters. The van der Waals surface area contributed by atoms with E-state index in [1.54, 1.807) is 6.07 Å². The molecule has 0 fully saturated rings. The first-order valence-electron chi connectivity index (χ1n) is 5.97. The molecule has 0 aliphatic rings. The summed E-state index contributed by atoms with van der Waals surface area (Å²) in [7, 11) is 0. The van der Waals surface area contributed by atoms with Gasteiger partial charge >= 0.3 is 0 Å². The van der Waals surface area contributed by atoms with Gasteiger partial charge in [-0.2, -0.15) is 0 Å². The fourth-order valence-electron chi connectivity index (χ4n) is 1.72. The predicted octanol–water partition coefficient (Wildman–Crippen LogP) is 2.24. The lowest BCUT2D eigenvalue weighted by Gasteiger charge is -2.15. The predicted molar refractivity (Wildman–Crippen MR) is 76.2 cm³/mol. The van der Waals surface area contributed by atoms with Gasteiger partial charge in [0, 0.05) is 6.04 Å². The van der Waals surface area contributed by atoms with E-state index in [1.807, 2.05) is 32.0 Å². The molecule has 100 valence electrons. The number of carbonyl (C=O) groups is 1. The fourth-order valence-corrected chi connectivity index (χ4v) is 1.78. The first kappa shape index (κ1) is 13.5. The summed E-state index contributed by atoms with van der Waals surface area (Å²) in [5.41, 5.74) is 1.41. The van der Waals surface area contributed by atoms with E-state index in [-0.39, 0.29) is 23.2 Å². The van der Waals surface area contributed by atoms with E-state index in [4.69, 9.17) is 17.0 Å². The number of nitrogens with one attached hydrogen (secondary N) is 2. The third-order valence-corrected chi connectivity index (χ3v) is 3.35. The molecule has 2 rings (SSSR count). The quantitative estimate of drug-likeness (QED) is 0.511. The maximum atomic E-state index is 12.2. The SMILES string of the molecule is CC(Cl)[C@H](C)NC(=O)c1nc2ccccc2n1C=N. The number of imidazole rings is 1. The maximum Gasteiger partial charge on any atom is 0.287 e. The molecule has 1 aromatic carbocycles. The van der Waals surface area contributed by atoms with Gasteiger partial charge < -0.3 is 5.32 Å². The number of alkyl halides is 1. The summed E-state index contributed by atoms with van der Waals surface area (Å²) in [6, 6.07) is 7.13. The van der Waals surface area contributed by atoms with Crippen LogP contribution in [0, 0.1) is 5.41 Å². The Labute approximate surface area is 116 Å². The summed E-state index contributed by atoms with van der Waals surface area (Å²) in [5, 5.41) is 10.0. The molecule has 6 heteroatoms. The van der Waals surface area contributed by atoms with E-state index < -0.39 is 0 Å². The van der Waals surface area contributed by atoms with Crippen LogP contribution in [-0.4, -0.2) is 33.2 Å². The van der Waals surface area contributed by atoms with Crippen LogP contribution in [0.25, 0.3) is 11.0 Å². The van der Waals surface area contributed by atoms with Crippen LogP contribution in [0.3, 0.4) is 0 Å². The van der Waals surface area contributed by atoms with Gasteiger partial charge in [-0.25, -0.2) is 4.98 Å². The van der Waals surface area contributed by atoms with E-state index in [0.717, 1.165) is 11.9 Å². The zero-order valence-corrected chi connectivity index (χ0v) is 11.5. The van der Waals surface area contributed by atoms with Crippen molar-refractivity contribution in [1.29, 1.82) is 5.41 Å². The summed E-state index contributed by atoms with van der Waals surface area (Å²) in [6.07, 6.45) is 1.08. The minimum Gasteiger partial charge on any atom is -0.345 e. The highest BCUT2D eigenvalue weighted by atomic mass is 35.5. The van der Waals surface area contributed by atoms with Crippen LogP contribution in [0.2, 0.25) is 0 Å². The minimum atomic E-state index is -0.334. The van der Waals surface area contributed by atoms with Crippen LogP contribution in [-0.2, 0) is 0 Å². The van der Waals surface area contributed by atoms with Crippen molar-refractivity contribution in [3.05, 3.63) is 30.1 Å². The molecule has 1 aromatic heterocycles. The van der Waals surface area contributed by atoms with Crippen LogP contribution < -0.4 is 5.32 Å². The standard InChI is InChI=1S/C13H15ClN4O/c1-8(14)9(2)16-13(19)12-17-10-5-3-4-6-11(10)18(12)7-15/h3-9,15H,1-2H3,(H,16,19)/t8?,9-/m0/s1. The molecule has 19 heavy (non-hydrogen) atoms. The van der Waals surface area contributed by atoms with Crippen LogP contribution in [0.4, 0.5) is 0 Å². The number of para-hydroxylation sites is 2. The van der Waals surface area contributed by atoms with Gasteiger partial charge in [0.1, 0.15) is 0 Å². The van der Waals surface area contributed by atoms with Gasteiger partial charge in [-0.3, -0.25) is 14.8 Å². The molecule has 1 amide bonds. The van der Waals surface area contributed by atoms with Crippen molar-refractivity contribution in [2.24, 2.45) is 0 Å². The Morgan fingerprint density at radius 2 is 2.16 bits per heavy atom. The number of hydrogen-bond donors (Lipinski definition) is 2. The van der Waals surface area contributed by atoms with Gasteiger partial charge in [0.2, 0.25) is 5.82 Å². The molecule has 0 saturated carbocycles. The van der Waals surface area contributed by atoms with Crippen molar-refractivity contribution in [1.82, 2.24) is 14.9 Å². The van der Waals surface area contributed by atoms with Crippen molar-refractivity contribution in [2.75, 3.05) is 0 Å². The van der Waals surface area contributed by atoms with Crippen molar-refractivity contribution >= 4 is 34.9 Å². The Hall–Kier alpha value is -1.88. The van der Waals surface area contributed by atoms with E-state index in [1.165, 1.54) is 4.57 Å². The lowest BCUT2D eigenvalue weighted by atomic mass is 10.2. The largest absolute Gasteiger partial charge is 0.345 e. The number of benzene rings is 1. The van der Waals surface area contributed by atoms with Crippen molar-refractivity contribution in [3.63, 3.8) is 0 Å². The monoisotopic (exact) mass is 278 g/mol. The van der Waals surface area contributed by atoms with Crippen LogP contribution in [0.5, 0.6) is 0 Å². The topological polar surface area (TPSA) is 70.8 Å². The third kappa shape index (κ3) is 2.61. The normalized spacial score (nSPS) is 14.1. The number of amides is 1. The van der Waals surface area contributed by atoms with Crippen molar-refractivity contribution in [2.45, 2.75) is 25.3 Å². The molecule has 0 bridgehead atoms. The van der Waals surface area contributed by atoms with Crippen molar-refractivity contribution < 1.29 is 4.79 Å². The number of carbonyl (C=O) groups excluding carboxylic acids is 1. The molecule has 1 heterocycles. The average molecular weight is 279 g/mol. The number of aromatic nitrogens is 2. The lowest BCUT2D eigenvalue weighted by Crippen LogP contribution is -2.38. The Bertz CT molecular complexity index is 620. The molecule has 1 unspecified atom stereocenters. The molecular formula is C13H15ClN4O. The van der Waals surface area contributed by atoms with E-state index in [9.17, 15) is 4.79 Å². The summed E-state index contributed by atoms with van der Waals surface area (Å²) in [6.45, 7) is 3.64. The molecule has 5 nitrogen and oxygen atoms in total. The number of nitrogens with zero attached hydrogens (tertiary/aromatic N) is 2. The van der Waals surface area contributed by atoms with Gasteiger partial charge in [-0.1, -0.05) is 12.1 Å². The molecule has 0 spiro atoms. The van der Waals surface area contributed by atoms with Gasteiger partial charge in [0.15, 0.2) is 0 Å². The minimum absolute atomic E-state index is 0.173. The fraction of sp³-hybridized carbons (Fsp3) is 0.308. The second-order valence-corrected chi connectivity index (χ2v) is 5.05. The van der Waals surface area contributed by atoms with Gasteiger partial charge in [-0.15, -0.1) is 11.6 Å². The summed E-state index contributed by atoms with van der Waals surface area (Å²) in [4.78, 5) is 16.4. The summed E-state index contributed by atoms with van der Waals surface area (Å²) >= 11 is 5.93. The zero-order valence-electron chi connectivity index (χ0n) is 10.7. The molecule has 0 radical (unpaired) electrons. The van der Waals surface area contributed by atoms with Crippen molar-refractivity contribution in [3.8, 4) is 0 Å². The molecule has 0 saturated heterocycles. The van der Waals surface area contributed by atoms with Gasteiger partial charge in [0.25, 0.3) is 5.91 Å². The number of hydrogen-bond acceptors (Lipinski definition) is 3. The Kier molecular flexibility index (Phi) is 3.85. The van der Waals surface area contributed by atoms with E-state index in [0.29, 0.717) is 5.52 Å². The molecule has 2 aromatic rings. The highest BCUT2D eigenvalue weighted by molar-refractivity contribution is 6.21. The maximum absolute atomic E-state index is 12.2. The first-order valence-corrected chi connectivity index (χ1v) is 6.40. The third-order valence-electron chi connectivity index (χ3n) is 2.98. The van der Waals surface area contributed by atoms with Crippen LogP contribution >= 0.6 is 11.6 Å². The molecule has 2 N–H and O–H groups in total. The Morgan fingerprint density at radius 1 is 1.47 bits per heavy atom. The first-order chi connectivity index (χ1) is 9.04. The smallest absolute Gasteiger partial charge is 0.287 e. The average Bonchev–Trinajstić information content (AvgIpc) is 2.76. The highest BCUT2D eigenvalue weighted by Crippen LogP contribution is 2.14. The van der Waals surface area contributed by atoms with Crippen LogP contribution in [0.15, 0.2) is 24.3 Å². The van der Waals surface area contributed by atoms with E-state index >= 15 is 0 Å². The Morgan fingerprint density at radius 3 is 2.79 bits per heavy atom. The second-order valence-electron chi connectivity index (χ2n) is 4.36. The summed E-state index contributed by atoms with van der Waals surface area (Å²) in [5.74, 6) is -0.139. The number of fused-ring (bicyclic) bond motifs is 1. The Balaban J connectivity index is 2.39. The number of halogens is 1. The second kappa shape index (κ2) is 5.40. The summed E-state index contributed by atoms with van der Waals surface area (Å²) < 4.78 is 1.45. The lowest BCUT2D eigenvalue weighted by molar-refractivity contribution is 0.0929.